The van der Waals surface area contributed by atoms with Crippen LogP contribution < -0.4 is 5.32 Å². The van der Waals surface area contributed by atoms with E-state index in [0.717, 1.165) is 5.56 Å². The zero-order valence-corrected chi connectivity index (χ0v) is 13.3. The predicted molar refractivity (Wildman–Crippen MR) is 85.2 cm³/mol. The van der Waals surface area contributed by atoms with Crippen LogP contribution in [-0.2, 0) is 0 Å². The Labute approximate surface area is 134 Å². The molecule has 0 fully saturated rings. The molecule has 2 N–H and O–H groups in total. The largest absolute Gasteiger partial charge is 0.478 e. The first-order chi connectivity index (χ1) is 9.88. The lowest BCUT2D eigenvalue weighted by Gasteiger charge is -2.09. The molecule has 1 amide bonds. The van der Waals surface area contributed by atoms with Crippen LogP contribution in [0.15, 0.2) is 40.9 Å². The summed E-state index contributed by atoms with van der Waals surface area (Å²) in [6, 6.07) is 9.64. The van der Waals surface area contributed by atoms with E-state index in [4.69, 9.17) is 16.7 Å². The Bertz CT molecular complexity index is 731. The molecule has 6 heteroatoms. The van der Waals surface area contributed by atoms with Crippen LogP contribution in [0.1, 0.15) is 26.3 Å². The van der Waals surface area contributed by atoms with E-state index in [-0.39, 0.29) is 16.5 Å². The van der Waals surface area contributed by atoms with Gasteiger partial charge in [-0.25, -0.2) is 4.79 Å². The quantitative estimate of drug-likeness (QED) is 0.846. The van der Waals surface area contributed by atoms with Gasteiger partial charge in [0.15, 0.2) is 0 Å². The van der Waals surface area contributed by atoms with Gasteiger partial charge in [-0.05, 0) is 58.7 Å². The highest BCUT2D eigenvalue weighted by atomic mass is 79.9. The molecular weight excluding hydrogens is 358 g/mol. The minimum absolute atomic E-state index is 0.00816. The van der Waals surface area contributed by atoms with E-state index in [2.05, 4.69) is 21.2 Å². The monoisotopic (exact) mass is 367 g/mol. The highest BCUT2D eigenvalue weighted by Gasteiger charge is 2.13. The maximum absolute atomic E-state index is 12.2. The fourth-order valence-corrected chi connectivity index (χ4v) is 2.70. The molecule has 21 heavy (non-hydrogen) atoms. The maximum Gasteiger partial charge on any atom is 0.337 e. The third-order valence-corrected chi connectivity index (χ3v) is 3.80. The number of aryl methyl sites for hydroxylation is 1. The van der Waals surface area contributed by atoms with Gasteiger partial charge >= 0.3 is 5.97 Å². The molecule has 0 saturated heterocycles. The number of hydrogen-bond acceptors (Lipinski definition) is 2. The van der Waals surface area contributed by atoms with Crippen molar-refractivity contribution in [3.05, 3.63) is 62.6 Å². The van der Waals surface area contributed by atoms with Crippen LogP contribution >= 0.6 is 27.5 Å². The van der Waals surface area contributed by atoms with Crippen LogP contribution in [0, 0.1) is 6.92 Å². The maximum atomic E-state index is 12.2. The fraction of sp³-hybridized carbons (Fsp3) is 0.0667. The summed E-state index contributed by atoms with van der Waals surface area (Å²) < 4.78 is 0.688. The Balaban J connectivity index is 2.23. The third-order valence-electron chi connectivity index (χ3n) is 2.83. The molecule has 0 unspecified atom stereocenters. The van der Waals surface area contributed by atoms with Gasteiger partial charge in [-0.2, -0.15) is 0 Å². The fourth-order valence-electron chi connectivity index (χ4n) is 1.77. The van der Waals surface area contributed by atoms with Crippen molar-refractivity contribution >= 4 is 45.1 Å². The van der Waals surface area contributed by atoms with Crippen molar-refractivity contribution in [1.29, 1.82) is 0 Å². The number of halogens is 2. The summed E-state index contributed by atoms with van der Waals surface area (Å²) in [5.41, 5.74) is 1.94. The number of aromatic carboxylic acids is 1. The number of hydrogen-bond donors (Lipinski definition) is 2. The molecule has 2 rings (SSSR count). The first-order valence-electron chi connectivity index (χ1n) is 5.99. The van der Waals surface area contributed by atoms with Gasteiger partial charge in [0.05, 0.1) is 16.1 Å². The second-order valence-electron chi connectivity index (χ2n) is 4.44. The molecule has 108 valence electrons. The Morgan fingerprint density at radius 3 is 2.38 bits per heavy atom. The summed E-state index contributed by atoms with van der Waals surface area (Å²) in [6.07, 6.45) is 0. The second-order valence-corrected chi connectivity index (χ2v) is 5.70. The number of rotatable bonds is 3. The van der Waals surface area contributed by atoms with Crippen molar-refractivity contribution in [2.75, 3.05) is 5.32 Å². The molecule has 0 saturated carbocycles. The van der Waals surface area contributed by atoms with Gasteiger partial charge in [0.2, 0.25) is 0 Å². The Morgan fingerprint density at radius 2 is 1.81 bits per heavy atom. The standard InChI is InChI=1S/C15H11BrClNO3/c1-8-2-4-10(12(16)6-8)14(19)18-9-3-5-11(15(20)21)13(17)7-9/h2-7H,1H3,(H,18,19)(H,20,21). The summed E-state index contributed by atoms with van der Waals surface area (Å²) in [4.78, 5) is 23.1. The van der Waals surface area contributed by atoms with Gasteiger partial charge in [-0.1, -0.05) is 17.7 Å². The molecule has 0 atom stereocenters. The van der Waals surface area contributed by atoms with E-state index in [0.29, 0.717) is 15.7 Å². The van der Waals surface area contributed by atoms with E-state index < -0.39 is 5.97 Å². The molecule has 0 aliphatic rings. The van der Waals surface area contributed by atoms with Crippen molar-refractivity contribution < 1.29 is 14.7 Å². The molecule has 0 spiro atoms. The number of carboxylic acids is 1. The van der Waals surface area contributed by atoms with E-state index in [1.807, 2.05) is 19.1 Å². The predicted octanol–water partition coefficient (Wildman–Crippen LogP) is 4.36. The van der Waals surface area contributed by atoms with E-state index in [1.54, 1.807) is 6.07 Å². The molecule has 2 aromatic rings. The minimum Gasteiger partial charge on any atom is -0.478 e. The lowest BCUT2D eigenvalue weighted by atomic mass is 10.1. The molecule has 2 aromatic carbocycles. The van der Waals surface area contributed by atoms with Gasteiger partial charge in [-0.15, -0.1) is 0 Å². The Morgan fingerprint density at radius 1 is 1.14 bits per heavy atom. The molecule has 0 bridgehead atoms. The van der Waals surface area contributed by atoms with E-state index >= 15 is 0 Å². The van der Waals surface area contributed by atoms with Crippen molar-refractivity contribution in [3.8, 4) is 0 Å². The number of nitrogens with one attached hydrogen (secondary N) is 1. The van der Waals surface area contributed by atoms with Crippen LogP contribution in [0.25, 0.3) is 0 Å². The Hall–Kier alpha value is -1.85. The lowest BCUT2D eigenvalue weighted by Crippen LogP contribution is -2.13. The summed E-state index contributed by atoms with van der Waals surface area (Å²) in [5.74, 6) is -1.42. The number of carbonyl (C=O) groups excluding carboxylic acids is 1. The van der Waals surface area contributed by atoms with Crippen LogP contribution in [0.2, 0.25) is 5.02 Å². The molecule has 4 nitrogen and oxygen atoms in total. The molecular formula is C15H11BrClNO3. The molecule has 0 radical (unpaired) electrons. The molecule has 0 aliphatic heterocycles. The Kier molecular flexibility index (Phi) is 4.65. The van der Waals surface area contributed by atoms with Gasteiger partial charge in [0.25, 0.3) is 5.91 Å². The minimum atomic E-state index is -1.11. The van der Waals surface area contributed by atoms with Crippen molar-refractivity contribution in [2.45, 2.75) is 6.92 Å². The third kappa shape index (κ3) is 3.62. The zero-order valence-electron chi connectivity index (χ0n) is 11.0. The number of amides is 1. The number of benzene rings is 2. The van der Waals surface area contributed by atoms with Crippen LogP contribution in [0.5, 0.6) is 0 Å². The SMILES string of the molecule is Cc1ccc(C(=O)Nc2ccc(C(=O)O)c(Cl)c2)c(Br)c1. The van der Waals surface area contributed by atoms with Gasteiger partial charge in [0, 0.05) is 10.2 Å². The first-order valence-corrected chi connectivity index (χ1v) is 7.16. The summed E-state index contributed by atoms with van der Waals surface area (Å²) in [6.45, 7) is 1.93. The highest BCUT2D eigenvalue weighted by molar-refractivity contribution is 9.10. The average molecular weight is 369 g/mol. The topological polar surface area (TPSA) is 66.4 Å². The van der Waals surface area contributed by atoms with Gasteiger partial charge < -0.3 is 10.4 Å². The molecule has 0 aromatic heterocycles. The lowest BCUT2D eigenvalue weighted by molar-refractivity contribution is 0.0697. The molecule has 0 aliphatic carbocycles. The first kappa shape index (κ1) is 15.5. The van der Waals surface area contributed by atoms with E-state index in [1.165, 1.54) is 18.2 Å². The van der Waals surface area contributed by atoms with Crippen molar-refractivity contribution in [2.24, 2.45) is 0 Å². The summed E-state index contributed by atoms with van der Waals surface area (Å²) in [5, 5.41) is 11.7. The van der Waals surface area contributed by atoms with Crippen LogP contribution in [0.4, 0.5) is 5.69 Å². The molecule has 0 heterocycles. The summed E-state index contributed by atoms with van der Waals surface area (Å²) >= 11 is 9.21. The van der Waals surface area contributed by atoms with Crippen LogP contribution in [-0.4, -0.2) is 17.0 Å². The summed E-state index contributed by atoms with van der Waals surface area (Å²) in [7, 11) is 0. The second kappa shape index (κ2) is 6.28. The zero-order chi connectivity index (χ0) is 15.6. The van der Waals surface area contributed by atoms with Gasteiger partial charge in [0.1, 0.15) is 0 Å². The number of anilines is 1. The normalized spacial score (nSPS) is 10.2. The van der Waals surface area contributed by atoms with Crippen molar-refractivity contribution in [3.63, 3.8) is 0 Å². The van der Waals surface area contributed by atoms with Gasteiger partial charge in [-0.3, -0.25) is 4.79 Å². The van der Waals surface area contributed by atoms with Crippen LogP contribution in [0.3, 0.4) is 0 Å². The van der Waals surface area contributed by atoms with E-state index in [9.17, 15) is 9.59 Å². The smallest absolute Gasteiger partial charge is 0.337 e. The average Bonchev–Trinajstić information content (AvgIpc) is 2.37. The van der Waals surface area contributed by atoms with Crippen molar-refractivity contribution in [1.82, 2.24) is 0 Å². The number of carboxylic acid groups (broad SMARTS) is 1. The number of carbonyl (C=O) groups is 2. The highest BCUT2D eigenvalue weighted by Crippen LogP contribution is 2.23.